The predicted octanol–water partition coefficient (Wildman–Crippen LogP) is 3.43. The highest BCUT2D eigenvalue weighted by Crippen LogP contribution is 2.31. The third-order valence-corrected chi connectivity index (χ3v) is 4.80. The Kier molecular flexibility index (Phi) is 5.91. The topological polar surface area (TPSA) is 49.3 Å². The van der Waals surface area contributed by atoms with Crippen LogP contribution in [0.4, 0.5) is 0 Å². The molecule has 1 aromatic rings. The summed E-state index contributed by atoms with van der Waals surface area (Å²) in [5.74, 6) is 0.279. The third kappa shape index (κ3) is 4.18. The second-order valence-electron chi connectivity index (χ2n) is 6.60. The summed E-state index contributed by atoms with van der Waals surface area (Å²) in [7, 11) is 0. The third-order valence-electron chi connectivity index (χ3n) is 4.80. The summed E-state index contributed by atoms with van der Waals surface area (Å²) >= 11 is 0. The molecule has 3 nitrogen and oxygen atoms in total. The number of aliphatic hydroxyl groups excluding tert-OH is 1. The van der Waals surface area contributed by atoms with E-state index < -0.39 is 6.10 Å². The molecule has 3 heteroatoms. The van der Waals surface area contributed by atoms with Crippen LogP contribution in [0.1, 0.15) is 38.9 Å². The Morgan fingerprint density at radius 3 is 2.65 bits per heavy atom. The molecule has 4 unspecified atom stereocenters. The molecule has 2 N–H and O–H groups in total. The van der Waals surface area contributed by atoms with Gasteiger partial charge in [0.1, 0.15) is 0 Å². The fourth-order valence-corrected chi connectivity index (χ4v) is 3.19. The molecule has 0 heterocycles. The molecule has 4 atom stereocenters. The van der Waals surface area contributed by atoms with Gasteiger partial charge < -0.3 is 10.4 Å². The number of allylic oxidation sites excluding steroid dienone is 3. The number of hydrogen-bond acceptors (Lipinski definition) is 3. The quantitative estimate of drug-likeness (QED) is 0.791. The van der Waals surface area contributed by atoms with Gasteiger partial charge in [-0.15, -0.1) is 0 Å². The van der Waals surface area contributed by atoms with Crippen molar-refractivity contribution in [3.8, 4) is 0 Å². The van der Waals surface area contributed by atoms with Crippen LogP contribution in [0.5, 0.6) is 0 Å². The van der Waals surface area contributed by atoms with Gasteiger partial charge in [-0.1, -0.05) is 48.6 Å². The first-order chi connectivity index (χ1) is 10.9. The van der Waals surface area contributed by atoms with Crippen LogP contribution in [0.2, 0.25) is 0 Å². The SMILES string of the molecule is C=C(C)C1CC=C(C)C(=O)C1CNC(C)C(O)c1ccccc1. The monoisotopic (exact) mass is 313 g/mol. The van der Waals surface area contributed by atoms with Crippen molar-refractivity contribution in [2.75, 3.05) is 6.54 Å². The van der Waals surface area contributed by atoms with Gasteiger partial charge in [0.15, 0.2) is 5.78 Å². The molecule has 0 aliphatic heterocycles. The van der Waals surface area contributed by atoms with E-state index in [4.69, 9.17) is 0 Å². The Morgan fingerprint density at radius 2 is 2.04 bits per heavy atom. The van der Waals surface area contributed by atoms with E-state index in [2.05, 4.69) is 11.9 Å². The number of carbonyl (C=O) groups excluding carboxylic acids is 1. The Balaban J connectivity index is 2.01. The lowest BCUT2D eigenvalue weighted by Crippen LogP contribution is -2.42. The highest BCUT2D eigenvalue weighted by molar-refractivity contribution is 5.98. The second-order valence-corrected chi connectivity index (χ2v) is 6.60. The molecule has 1 aliphatic rings. The average molecular weight is 313 g/mol. The number of benzene rings is 1. The maximum Gasteiger partial charge on any atom is 0.163 e. The van der Waals surface area contributed by atoms with Crippen molar-refractivity contribution in [1.82, 2.24) is 5.32 Å². The van der Waals surface area contributed by atoms with Crippen LogP contribution < -0.4 is 5.32 Å². The number of ketones is 1. The first kappa shape index (κ1) is 17.6. The molecule has 1 aromatic carbocycles. The predicted molar refractivity (Wildman–Crippen MR) is 94.0 cm³/mol. The van der Waals surface area contributed by atoms with E-state index in [-0.39, 0.29) is 23.7 Å². The van der Waals surface area contributed by atoms with E-state index in [0.717, 1.165) is 23.1 Å². The lowest BCUT2D eigenvalue weighted by atomic mass is 9.75. The molecule has 0 fully saturated rings. The van der Waals surface area contributed by atoms with Crippen molar-refractivity contribution in [2.45, 2.75) is 39.3 Å². The summed E-state index contributed by atoms with van der Waals surface area (Å²) in [4.78, 5) is 12.5. The molecular weight excluding hydrogens is 286 g/mol. The van der Waals surface area contributed by atoms with Crippen molar-refractivity contribution >= 4 is 5.78 Å². The van der Waals surface area contributed by atoms with E-state index >= 15 is 0 Å². The number of hydrogen-bond donors (Lipinski definition) is 2. The Hall–Kier alpha value is -1.71. The van der Waals surface area contributed by atoms with Crippen LogP contribution in [0, 0.1) is 11.8 Å². The zero-order chi connectivity index (χ0) is 17.0. The summed E-state index contributed by atoms with van der Waals surface area (Å²) in [6.07, 6.45) is 2.30. The summed E-state index contributed by atoms with van der Waals surface area (Å²) in [5, 5.41) is 13.8. The van der Waals surface area contributed by atoms with Gasteiger partial charge in [-0.3, -0.25) is 4.79 Å². The van der Waals surface area contributed by atoms with Crippen molar-refractivity contribution in [2.24, 2.45) is 11.8 Å². The molecule has 0 saturated heterocycles. The minimum atomic E-state index is -0.588. The van der Waals surface area contributed by atoms with Gasteiger partial charge in [-0.2, -0.15) is 0 Å². The number of carbonyl (C=O) groups is 1. The van der Waals surface area contributed by atoms with Gasteiger partial charge in [-0.05, 0) is 44.2 Å². The van der Waals surface area contributed by atoms with E-state index in [9.17, 15) is 9.90 Å². The standard InChI is InChI=1S/C20H27NO2/c1-13(2)17-11-10-14(3)19(22)18(17)12-21-15(4)20(23)16-8-6-5-7-9-16/h5-10,15,17-18,20-21,23H,1,11-12H2,2-4H3. The first-order valence-electron chi connectivity index (χ1n) is 8.24. The second kappa shape index (κ2) is 7.71. The Labute approximate surface area is 139 Å². The van der Waals surface area contributed by atoms with E-state index in [1.807, 2.05) is 57.2 Å². The molecule has 1 aliphatic carbocycles. The summed E-state index contributed by atoms with van der Waals surface area (Å²) in [5.41, 5.74) is 2.77. The summed E-state index contributed by atoms with van der Waals surface area (Å²) in [6.45, 7) is 10.4. The molecule has 2 rings (SSSR count). The van der Waals surface area contributed by atoms with Crippen molar-refractivity contribution in [1.29, 1.82) is 0 Å². The highest BCUT2D eigenvalue weighted by Gasteiger charge is 2.32. The van der Waals surface area contributed by atoms with E-state index in [1.165, 1.54) is 0 Å². The number of nitrogens with one attached hydrogen (secondary N) is 1. The van der Waals surface area contributed by atoms with E-state index in [1.54, 1.807) is 0 Å². The molecule has 0 aromatic heterocycles. The molecule has 0 bridgehead atoms. The fraction of sp³-hybridized carbons (Fsp3) is 0.450. The average Bonchev–Trinajstić information content (AvgIpc) is 2.55. The van der Waals surface area contributed by atoms with Gasteiger partial charge in [0.2, 0.25) is 0 Å². The van der Waals surface area contributed by atoms with Crippen LogP contribution in [0.3, 0.4) is 0 Å². The van der Waals surface area contributed by atoms with Crippen LogP contribution in [0.15, 0.2) is 54.1 Å². The summed E-state index contributed by atoms with van der Waals surface area (Å²) < 4.78 is 0. The van der Waals surface area contributed by atoms with Gasteiger partial charge in [0.05, 0.1) is 6.10 Å². The maximum atomic E-state index is 12.5. The lowest BCUT2D eigenvalue weighted by molar-refractivity contribution is -0.120. The van der Waals surface area contributed by atoms with Gasteiger partial charge in [-0.25, -0.2) is 0 Å². The first-order valence-corrected chi connectivity index (χ1v) is 8.24. The molecule has 0 spiro atoms. The minimum Gasteiger partial charge on any atom is -0.387 e. The maximum absolute atomic E-state index is 12.5. The van der Waals surface area contributed by atoms with Gasteiger partial charge in [0.25, 0.3) is 0 Å². The van der Waals surface area contributed by atoms with Crippen LogP contribution in [-0.2, 0) is 4.79 Å². The van der Waals surface area contributed by atoms with Crippen molar-refractivity contribution < 1.29 is 9.90 Å². The van der Waals surface area contributed by atoms with Gasteiger partial charge >= 0.3 is 0 Å². The van der Waals surface area contributed by atoms with Crippen molar-refractivity contribution in [3.63, 3.8) is 0 Å². The zero-order valence-electron chi connectivity index (χ0n) is 14.3. The smallest absolute Gasteiger partial charge is 0.163 e. The zero-order valence-corrected chi connectivity index (χ0v) is 14.3. The largest absolute Gasteiger partial charge is 0.387 e. The van der Waals surface area contributed by atoms with Crippen LogP contribution in [0.25, 0.3) is 0 Å². The highest BCUT2D eigenvalue weighted by atomic mass is 16.3. The van der Waals surface area contributed by atoms with E-state index in [0.29, 0.717) is 6.54 Å². The Morgan fingerprint density at radius 1 is 1.39 bits per heavy atom. The van der Waals surface area contributed by atoms with Crippen LogP contribution >= 0.6 is 0 Å². The Bertz CT molecular complexity index is 591. The molecule has 23 heavy (non-hydrogen) atoms. The van der Waals surface area contributed by atoms with Gasteiger partial charge in [0, 0.05) is 18.5 Å². The molecule has 0 amide bonds. The molecule has 124 valence electrons. The van der Waals surface area contributed by atoms with Crippen LogP contribution in [-0.4, -0.2) is 23.5 Å². The summed E-state index contributed by atoms with van der Waals surface area (Å²) in [6, 6.07) is 9.47. The number of aliphatic hydroxyl groups is 1. The molecule has 0 radical (unpaired) electrons. The normalized spacial score (nSPS) is 24.0. The minimum absolute atomic E-state index is 0.0945. The number of Topliss-reactive ketones (excluding diaryl/α,β-unsaturated/α-hetero) is 1. The molecular formula is C20H27NO2. The van der Waals surface area contributed by atoms with Crippen molar-refractivity contribution in [3.05, 3.63) is 59.7 Å². The number of rotatable bonds is 6. The molecule has 0 saturated carbocycles. The fourth-order valence-electron chi connectivity index (χ4n) is 3.19. The lowest BCUT2D eigenvalue weighted by Gasteiger charge is -2.31.